The predicted molar refractivity (Wildman–Crippen MR) is 108 cm³/mol. The Labute approximate surface area is 159 Å². The van der Waals surface area contributed by atoms with E-state index < -0.39 is 0 Å². The fourth-order valence-electron chi connectivity index (χ4n) is 2.94. The Hall–Kier alpha value is -0.0800. The van der Waals surface area contributed by atoms with Crippen molar-refractivity contribution in [3.8, 4) is 0 Å². The van der Waals surface area contributed by atoms with Crippen LogP contribution in [0.1, 0.15) is 45.4 Å². The summed E-state index contributed by atoms with van der Waals surface area (Å²) in [6, 6.07) is 0.731. The van der Waals surface area contributed by atoms with E-state index in [0.29, 0.717) is 0 Å². The van der Waals surface area contributed by atoms with Gasteiger partial charge in [-0.3, -0.25) is 9.89 Å². The standard InChI is InChI=1S/C17H34N4O.HI/c1-15-6-3-4-11-21(15)12-10-20-17(18-2)19-9-5-13-22-14-16-7-8-16;/h15-16H,3-14H2,1-2H3,(H2,18,19,20);1H. The number of nitrogens with one attached hydrogen (secondary N) is 2. The van der Waals surface area contributed by atoms with Gasteiger partial charge in [0.25, 0.3) is 0 Å². The number of guanidine groups is 1. The van der Waals surface area contributed by atoms with E-state index in [1.165, 1.54) is 38.6 Å². The highest BCUT2D eigenvalue weighted by Gasteiger charge is 2.20. The highest BCUT2D eigenvalue weighted by molar-refractivity contribution is 14.0. The molecule has 0 aromatic carbocycles. The fourth-order valence-corrected chi connectivity index (χ4v) is 2.94. The Morgan fingerprint density at radius 1 is 1.17 bits per heavy atom. The molecule has 0 bridgehead atoms. The van der Waals surface area contributed by atoms with Gasteiger partial charge in [-0.2, -0.15) is 0 Å². The van der Waals surface area contributed by atoms with Crippen LogP contribution in [0.4, 0.5) is 0 Å². The smallest absolute Gasteiger partial charge is 0.191 e. The monoisotopic (exact) mass is 438 g/mol. The zero-order valence-corrected chi connectivity index (χ0v) is 17.2. The number of piperidine rings is 1. The first-order chi connectivity index (χ1) is 10.8. The summed E-state index contributed by atoms with van der Waals surface area (Å²) in [5.41, 5.74) is 0. The number of aliphatic imine (C=N–C) groups is 1. The second kappa shape index (κ2) is 12.3. The van der Waals surface area contributed by atoms with E-state index in [9.17, 15) is 0 Å². The molecule has 1 aliphatic carbocycles. The first-order valence-corrected chi connectivity index (χ1v) is 9.06. The predicted octanol–water partition coefficient (Wildman–Crippen LogP) is 2.46. The van der Waals surface area contributed by atoms with E-state index in [0.717, 1.165) is 57.2 Å². The molecule has 2 N–H and O–H groups in total. The third-order valence-electron chi connectivity index (χ3n) is 4.66. The van der Waals surface area contributed by atoms with Crippen molar-refractivity contribution < 1.29 is 4.74 Å². The molecule has 6 heteroatoms. The maximum absolute atomic E-state index is 5.64. The van der Waals surface area contributed by atoms with Gasteiger partial charge in [0.15, 0.2) is 5.96 Å². The summed E-state index contributed by atoms with van der Waals surface area (Å²) in [5.74, 6) is 1.77. The van der Waals surface area contributed by atoms with E-state index in [-0.39, 0.29) is 24.0 Å². The summed E-state index contributed by atoms with van der Waals surface area (Å²) in [5, 5.41) is 6.78. The maximum atomic E-state index is 5.64. The minimum absolute atomic E-state index is 0. The summed E-state index contributed by atoms with van der Waals surface area (Å²) >= 11 is 0. The van der Waals surface area contributed by atoms with Gasteiger partial charge in [-0.25, -0.2) is 0 Å². The minimum Gasteiger partial charge on any atom is -0.381 e. The number of hydrogen-bond donors (Lipinski definition) is 2. The molecule has 0 aromatic rings. The molecule has 2 fully saturated rings. The second-order valence-corrected chi connectivity index (χ2v) is 6.68. The van der Waals surface area contributed by atoms with Crippen molar-refractivity contribution in [2.45, 2.75) is 51.5 Å². The van der Waals surface area contributed by atoms with Crippen molar-refractivity contribution in [1.82, 2.24) is 15.5 Å². The van der Waals surface area contributed by atoms with Crippen molar-refractivity contribution in [2.75, 3.05) is 46.4 Å². The first-order valence-electron chi connectivity index (χ1n) is 9.06. The zero-order chi connectivity index (χ0) is 15.6. The van der Waals surface area contributed by atoms with Gasteiger partial charge in [0, 0.05) is 45.9 Å². The van der Waals surface area contributed by atoms with E-state index in [2.05, 4.69) is 27.4 Å². The number of nitrogens with zero attached hydrogens (tertiary/aromatic N) is 2. The molecule has 2 aliphatic rings. The van der Waals surface area contributed by atoms with Crippen molar-refractivity contribution >= 4 is 29.9 Å². The molecule has 1 heterocycles. The van der Waals surface area contributed by atoms with E-state index in [1.54, 1.807) is 0 Å². The molecule has 0 amide bonds. The van der Waals surface area contributed by atoms with Crippen LogP contribution in [-0.4, -0.2) is 63.3 Å². The summed E-state index contributed by atoms with van der Waals surface area (Å²) < 4.78 is 5.64. The Morgan fingerprint density at radius 3 is 2.65 bits per heavy atom. The van der Waals surface area contributed by atoms with Gasteiger partial charge in [-0.15, -0.1) is 24.0 Å². The molecule has 0 radical (unpaired) electrons. The van der Waals surface area contributed by atoms with Gasteiger partial charge in [0.1, 0.15) is 0 Å². The molecule has 1 saturated heterocycles. The van der Waals surface area contributed by atoms with Crippen LogP contribution in [0, 0.1) is 5.92 Å². The van der Waals surface area contributed by atoms with Crippen molar-refractivity contribution in [3.63, 3.8) is 0 Å². The third-order valence-corrected chi connectivity index (χ3v) is 4.66. The van der Waals surface area contributed by atoms with Crippen LogP contribution in [0.2, 0.25) is 0 Å². The zero-order valence-electron chi connectivity index (χ0n) is 14.9. The maximum Gasteiger partial charge on any atom is 0.191 e. The van der Waals surface area contributed by atoms with Gasteiger partial charge in [0.05, 0.1) is 0 Å². The lowest BCUT2D eigenvalue weighted by atomic mass is 10.0. The number of hydrogen-bond acceptors (Lipinski definition) is 3. The lowest BCUT2D eigenvalue weighted by Crippen LogP contribution is -2.45. The molecule has 0 spiro atoms. The third kappa shape index (κ3) is 9.10. The fraction of sp³-hybridized carbons (Fsp3) is 0.941. The highest BCUT2D eigenvalue weighted by atomic mass is 127. The molecule has 1 aliphatic heterocycles. The Morgan fingerprint density at radius 2 is 1.96 bits per heavy atom. The van der Waals surface area contributed by atoms with Gasteiger partial charge < -0.3 is 15.4 Å². The molecule has 23 heavy (non-hydrogen) atoms. The molecule has 5 nitrogen and oxygen atoms in total. The van der Waals surface area contributed by atoms with Crippen molar-refractivity contribution in [3.05, 3.63) is 0 Å². The van der Waals surface area contributed by atoms with Crippen LogP contribution < -0.4 is 10.6 Å². The van der Waals surface area contributed by atoms with Gasteiger partial charge >= 0.3 is 0 Å². The SMILES string of the molecule is CN=C(NCCCOCC1CC1)NCCN1CCCCC1C.I. The molecule has 1 atom stereocenters. The summed E-state index contributed by atoms with van der Waals surface area (Å²) in [7, 11) is 1.84. The van der Waals surface area contributed by atoms with Crippen LogP contribution in [0.15, 0.2) is 4.99 Å². The Bertz CT molecular complexity index is 337. The lowest BCUT2D eigenvalue weighted by Gasteiger charge is -2.33. The number of halogens is 1. The van der Waals surface area contributed by atoms with Crippen LogP contribution >= 0.6 is 24.0 Å². The molecular formula is C17H35IN4O. The molecular weight excluding hydrogens is 403 g/mol. The van der Waals surface area contributed by atoms with Crippen LogP contribution in [-0.2, 0) is 4.74 Å². The Balaban J connectivity index is 0.00000264. The number of likely N-dealkylation sites (tertiary alicyclic amines) is 1. The summed E-state index contributed by atoms with van der Waals surface area (Å²) in [4.78, 5) is 6.86. The van der Waals surface area contributed by atoms with E-state index in [4.69, 9.17) is 4.74 Å². The summed E-state index contributed by atoms with van der Waals surface area (Å²) in [6.45, 7) is 8.38. The highest BCUT2D eigenvalue weighted by Crippen LogP contribution is 2.28. The summed E-state index contributed by atoms with van der Waals surface area (Å²) in [6.07, 6.45) is 7.84. The van der Waals surface area contributed by atoms with Gasteiger partial charge in [-0.1, -0.05) is 6.42 Å². The van der Waals surface area contributed by atoms with Gasteiger partial charge in [0.2, 0.25) is 0 Å². The molecule has 1 unspecified atom stereocenters. The number of rotatable bonds is 9. The van der Waals surface area contributed by atoms with Crippen LogP contribution in [0.25, 0.3) is 0 Å². The van der Waals surface area contributed by atoms with E-state index in [1.807, 2.05) is 7.05 Å². The van der Waals surface area contributed by atoms with Crippen LogP contribution in [0.5, 0.6) is 0 Å². The van der Waals surface area contributed by atoms with E-state index >= 15 is 0 Å². The first kappa shape index (κ1) is 21.0. The average molecular weight is 438 g/mol. The molecule has 136 valence electrons. The molecule has 2 rings (SSSR count). The molecule has 0 aromatic heterocycles. The lowest BCUT2D eigenvalue weighted by molar-refractivity contribution is 0.123. The second-order valence-electron chi connectivity index (χ2n) is 6.68. The topological polar surface area (TPSA) is 48.9 Å². The minimum atomic E-state index is 0. The molecule has 1 saturated carbocycles. The van der Waals surface area contributed by atoms with Crippen LogP contribution in [0.3, 0.4) is 0 Å². The normalized spacial score (nSPS) is 22.5. The van der Waals surface area contributed by atoms with Crippen molar-refractivity contribution in [1.29, 1.82) is 0 Å². The van der Waals surface area contributed by atoms with Crippen molar-refractivity contribution in [2.24, 2.45) is 10.9 Å². The quantitative estimate of drug-likeness (QED) is 0.251. The average Bonchev–Trinajstić information content (AvgIpc) is 3.35. The Kier molecular flexibility index (Phi) is 11.2. The van der Waals surface area contributed by atoms with Gasteiger partial charge in [-0.05, 0) is 51.5 Å². The number of ether oxygens (including phenoxy) is 1. The largest absolute Gasteiger partial charge is 0.381 e.